The minimum Gasteiger partial charge on any atom is -0.490 e. The average Bonchev–Trinajstić information content (AvgIpc) is 3.60. The quantitative estimate of drug-likeness (QED) is 0.0855. The molecule has 2 heterocycles. The second kappa shape index (κ2) is 14.1. The third-order valence-corrected chi connectivity index (χ3v) is 8.67. The van der Waals surface area contributed by atoms with Crippen LogP contribution < -0.4 is 9.47 Å². The highest BCUT2D eigenvalue weighted by Gasteiger charge is 2.33. The van der Waals surface area contributed by atoms with E-state index < -0.39 is 4.92 Å². The molecule has 0 radical (unpaired) electrons. The third kappa shape index (κ3) is 7.32. The Bertz CT molecular complexity index is 2010. The Balaban J connectivity index is 1.29. The maximum absolute atomic E-state index is 13.9. The van der Waals surface area contributed by atoms with Gasteiger partial charge in [-0.25, -0.2) is 9.38 Å². The number of benzene rings is 4. The number of nitro benzene ring substituents is 1. The van der Waals surface area contributed by atoms with Gasteiger partial charge in [0.1, 0.15) is 12.4 Å². The number of non-ortho nitro benzene ring substituents is 1. The van der Waals surface area contributed by atoms with E-state index in [2.05, 4.69) is 4.98 Å². The number of fused-ring (bicyclic) bond motifs is 1. The number of amidine groups is 1. The van der Waals surface area contributed by atoms with Crippen molar-refractivity contribution in [1.29, 1.82) is 0 Å². The molecule has 1 aromatic heterocycles. The van der Waals surface area contributed by atoms with E-state index in [4.69, 9.17) is 26.1 Å². The van der Waals surface area contributed by atoms with Gasteiger partial charge in [-0.2, -0.15) is 0 Å². The second-order valence-corrected chi connectivity index (χ2v) is 11.9. The van der Waals surface area contributed by atoms with E-state index in [1.54, 1.807) is 47.4 Å². The molecule has 1 aliphatic rings. The molecule has 0 unspecified atom stereocenters. The van der Waals surface area contributed by atoms with Crippen LogP contribution in [0.2, 0.25) is 5.02 Å². The monoisotopic (exact) mass is 670 g/mol. The number of thioether (sulfide) groups is 1. The van der Waals surface area contributed by atoms with Crippen molar-refractivity contribution in [2.75, 3.05) is 13.2 Å². The highest BCUT2D eigenvalue weighted by atomic mass is 35.5. The standard InChI is InChI=1S/C35H28ClFN4O5S/c1-2-45-31-18-23(17-29(36)33(31)46-21-22-7-9-25(37)10-8-22)19-32-34(42)40(16-15-24-20-38-30-6-4-3-5-28(24)30)35(47-32)39-26-11-13-27(14-12-26)41(43)44/h3-14,17-20,38H,2,15-16,21H2,1H3/b32-19-,39-35?. The number of nitro groups is 1. The Morgan fingerprint density at radius 3 is 2.57 bits per heavy atom. The van der Waals surface area contributed by atoms with E-state index in [1.165, 1.54) is 36.0 Å². The molecule has 0 spiro atoms. The predicted octanol–water partition coefficient (Wildman–Crippen LogP) is 8.69. The maximum atomic E-state index is 13.9. The number of ether oxygens (including phenoxy) is 2. The maximum Gasteiger partial charge on any atom is 0.269 e. The zero-order chi connectivity index (χ0) is 32.9. The first-order chi connectivity index (χ1) is 22.8. The van der Waals surface area contributed by atoms with Crippen LogP contribution in [0.5, 0.6) is 11.5 Å². The van der Waals surface area contributed by atoms with Gasteiger partial charge >= 0.3 is 0 Å². The van der Waals surface area contributed by atoms with Crippen LogP contribution in [-0.4, -0.2) is 39.0 Å². The summed E-state index contributed by atoms with van der Waals surface area (Å²) < 4.78 is 25.1. The zero-order valence-corrected chi connectivity index (χ0v) is 26.7. The average molecular weight is 671 g/mol. The van der Waals surface area contributed by atoms with E-state index in [1.807, 2.05) is 37.4 Å². The Morgan fingerprint density at radius 1 is 1.06 bits per heavy atom. The Morgan fingerprint density at radius 2 is 1.83 bits per heavy atom. The lowest BCUT2D eigenvalue weighted by molar-refractivity contribution is -0.384. The van der Waals surface area contributed by atoms with Crippen molar-refractivity contribution in [3.63, 3.8) is 0 Å². The van der Waals surface area contributed by atoms with Crippen LogP contribution in [0.3, 0.4) is 0 Å². The van der Waals surface area contributed by atoms with Gasteiger partial charge in [-0.3, -0.25) is 19.8 Å². The van der Waals surface area contributed by atoms with E-state index >= 15 is 0 Å². The number of para-hydroxylation sites is 1. The third-order valence-electron chi connectivity index (χ3n) is 7.38. The van der Waals surface area contributed by atoms with Crippen molar-refractivity contribution in [2.24, 2.45) is 4.99 Å². The van der Waals surface area contributed by atoms with Crippen molar-refractivity contribution in [1.82, 2.24) is 9.88 Å². The topological polar surface area (TPSA) is 110 Å². The van der Waals surface area contributed by atoms with Gasteiger partial charge in [0.25, 0.3) is 11.6 Å². The van der Waals surface area contributed by atoms with Gasteiger partial charge in [-0.15, -0.1) is 0 Å². The SMILES string of the molecule is CCOc1cc(/C=C2\SC(=Nc3ccc([N+](=O)[O-])cc3)N(CCc3c[nH]c4ccccc34)C2=O)cc(Cl)c1OCc1ccc(F)cc1. The van der Waals surface area contributed by atoms with E-state index in [0.29, 0.717) is 52.4 Å². The summed E-state index contributed by atoms with van der Waals surface area (Å²) >= 11 is 7.87. The fourth-order valence-electron chi connectivity index (χ4n) is 5.08. The largest absolute Gasteiger partial charge is 0.490 e. The number of rotatable bonds is 11. The Labute approximate surface area is 278 Å². The fraction of sp³-hybridized carbons (Fsp3) is 0.143. The van der Waals surface area contributed by atoms with Gasteiger partial charge in [-0.1, -0.05) is 41.9 Å². The smallest absolute Gasteiger partial charge is 0.269 e. The first-order valence-corrected chi connectivity index (χ1v) is 15.9. The molecule has 238 valence electrons. The number of carbonyl (C=O) groups is 1. The Kier molecular flexibility index (Phi) is 9.55. The van der Waals surface area contributed by atoms with Crippen molar-refractivity contribution < 1.29 is 23.6 Å². The van der Waals surface area contributed by atoms with E-state index in [9.17, 15) is 19.3 Å². The molecule has 4 aromatic carbocycles. The Hall–Kier alpha value is -5.13. The number of H-pyrrole nitrogens is 1. The van der Waals surface area contributed by atoms with Crippen molar-refractivity contribution in [3.05, 3.63) is 134 Å². The number of hydrogen-bond acceptors (Lipinski definition) is 7. The molecule has 1 saturated heterocycles. The number of aromatic amines is 1. The van der Waals surface area contributed by atoms with Gasteiger partial charge < -0.3 is 14.5 Å². The number of carbonyl (C=O) groups excluding carboxylic acids is 1. The predicted molar refractivity (Wildman–Crippen MR) is 183 cm³/mol. The number of aromatic nitrogens is 1. The highest BCUT2D eigenvalue weighted by Crippen LogP contribution is 2.40. The zero-order valence-electron chi connectivity index (χ0n) is 25.1. The second-order valence-electron chi connectivity index (χ2n) is 10.5. The molecular formula is C35H28ClFN4O5S. The molecule has 1 fully saturated rings. The molecule has 9 nitrogen and oxygen atoms in total. The summed E-state index contributed by atoms with van der Waals surface area (Å²) in [4.78, 5) is 34.5. The molecule has 6 rings (SSSR count). The summed E-state index contributed by atoms with van der Waals surface area (Å²) in [5.41, 5.74) is 3.89. The lowest BCUT2D eigenvalue weighted by atomic mass is 10.1. The van der Waals surface area contributed by atoms with Crippen LogP contribution in [0.15, 0.2) is 101 Å². The van der Waals surface area contributed by atoms with E-state index in [-0.39, 0.29) is 29.0 Å². The van der Waals surface area contributed by atoms with Crippen LogP contribution in [0.25, 0.3) is 17.0 Å². The molecular weight excluding hydrogens is 643 g/mol. The molecule has 12 heteroatoms. The first kappa shape index (κ1) is 31.8. The van der Waals surface area contributed by atoms with Gasteiger partial charge in [0.15, 0.2) is 16.7 Å². The van der Waals surface area contributed by atoms with Crippen molar-refractivity contribution in [2.45, 2.75) is 20.0 Å². The first-order valence-electron chi connectivity index (χ1n) is 14.7. The van der Waals surface area contributed by atoms with E-state index in [0.717, 1.165) is 22.0 Å². The highest BCUT2D eigenvalue weighted by molar-refractivity contribution is 8.18. The van der Waals surface area contributed by atoms with Gasteiger partial charge in [0.2, 0.25) is 0 Å². The van der Waals surface area contributed by atoms with Gasteiger partial charge in [0.05, 0.1) is 27.1 Å². The number of aliphatic imine (C=N–C) groups is 1. The lowest BCUT2D eigenvalue weighted by Crippen LogP contribution is -2.31. The fourth-order valence-corrected chi connectivity index (χ4v) is 6.38. The van der Waals surface area contributed by atoms with Crippen LogP contribution in [0.1, 0.15) is 23.6 Å². The van der Waals surface area contributed by atoms with Crippen LogP contribution in [0.4, 0.5) is 15.8 Å². The van der Waals surface area contributed by atoms with Crippen molar-refractivity contribution in [3.8, 4) is 11.5 Å². The van der Waals surface area contributed by atoms with Crippen molar-refractivity contribution >= 4 is 62.8 Å². The normalized spacial score (nSPS) is 14.8. The molecule has 0 aliphatic carbocycles. The minimum absolute atomic E-state index is 0.0482. The number of nitrogens with zero attached hydrogens (tertiary/aromatic N) is 3. The molecule has 5 aromatic rings. The van der Waals surface area contributed by atoms with Crippen LogP contribution >= 0.6 is 23.4 Å². The molecule has 0 bridgehead atoms. The number of nitrogens with one attached hydrogen (secondary N) is 1. The molecule has 47 heavy (non-hydrogen) atoms. The van der Waals surface area contributed by atoms with Gasteiger partial charge in [-0.05, 0) is 90.3 Å². The molecule has 1 amide bonds. The number of hydrogen-bond donors (Lipinski definition) is 1. The van der Waals surface area contributed by atoms with Gasteiger partial charge in [0, 0.05) is 35.8 Å². The summed E-state index contributed by atoms with van der Waals surface area (Å²) in [5, 5.41) is 13.0. The summed E-state index contributed by atoms with van der Waals surface area (Å²) in [6.07, 6.45) is 4.24. The lowest BCUT2D eigenvalue weighted by Gasteiger charge is -2.15. The summed E-state index contributed by atoms with van der Waals surface area (Å²) in [6.45, 7) is 2.71. The molecule has 1 aliphatic heterocycles. The van der Waals surface area contributed by atoms with Crippen LogP contribution in [0, 0.1) is 15.9 Å². The molecule has 0 saturated carbocycles. The molecule has 0 atom stereocenters. The molecule has 1 N–H and O–H groups in total. The summed E-state index contributed by atoms with van der Waals surface area (Å²) in [5.74, 6) is 0.170. The summed E-state index contributed by atoms with van der Waals surface area (Å²) in [6, 6.07) is 23.2. The summed E-state index contributed by atoms with van der Waals surface area (Å²) in [7, 11) is 0. The van der Waals surface area contributed by atoms with Crippen LogP contribution in [-0.2, 0) is 17.8 Å². The number of amides is 1. The number of halogens is 2. The minimum atomic E-state index is -0.472.